The van der Waals surface area contributed by atoms with Gasteiger partial charge in [0.1, 0.15) is 0 Å². The van der Waals surface area contributed by atoms with E-state index < -0.39 is 34.5 Å². The Morgan fingerprint density at radius 3 is 1.78 bits per heavy atom. The van der Waals surface area contributed by atoms with Crippen LogP contribution in [0.1, 0.15) is 11.1 Å². The van der Waals surface area contributed by atoms with E-state index in [9.17, 15) is 30.6 Å². The first-order chi connectivity index (χ1) is 12.3. The Morgan fingerprint density at radius 2 is 1.26 bits per heavy atom. The average molecular weight is 398 g/mol. The third-order valence-electron chi connectivity index (χ3n) is 3.07. The summed E-state index contributed by atoms with van der Waals surface area (Å²) in [5, 5.41) is 67.1. The molecule has 0 fully saturated rings. The maximum atomic E-state index is 9.60. The lowest BCUT2D eigenvalue weighted by atomic mass is 10.2. The molecule has 2 rings (SSSR count). The normalized spacial score (nSPS) is 11.6. The lowest BCUT2D eigenvalue weighted by Gasteiger charge is -2.03. The number of hydrazone groups is 1. The second kappa shape index (κ2) is 9.01. The van der Waals surface area contributed by atoms with E-state index in [4.69, 9.17) is 5.73 Å². The molecule has 2 aromatic carbocycles. The van der Waals surface area contributed by atoms with Crippen molar-refractivity contribution in [2.24, 2.45) is 21.0 Å². The van der Waals surface area contributed by atoms with Crippen molar-refractivity contribution in [1.29, 1.82) is 0 Å². The van der Waals surface area contributed by atoms with Crippen molar-refractivity contribution in [3.63, 3.8) is 0 Å². The molecule has 2 aromatic rings. The molecule has 0 aliphatic heterocycles. The summed E-state index contributed by atoms with van der Waals surface area (Å²) in [4.78, 5) is 0. The van der Waals surface area contributed by atoms with Gasteiger partial charge in [0.2, 0.25) is 17.5 Å². The second-order valence-electron chi connectivity index (χ2n) is 4.84. The molecule has 0 heterocycles. The highest BCUT2D eigenvalue weighted by Gasteiger charge is 2.10. The predicted octanol–water partition coefficient (Wildman–Crippen LogP) is 0.614. The van der Waals surface area contributed by atoms with Crippen molar-refractivity contribution in [2.75, 3.05) is 0 Å². The molecule has 0 radical (unpaired) electrons. The SMILES string of the molecule is Cl.NC(=NN=Cc1ccc(O)c(O)c1O)NN=Cc1ccc(O)c(O)c1O. The number of nitrogens with one attached hydrogen (secondary N) is 1. The highest BCUT2D eigenvalue weighted by Crippen LogP contribution is 2.36. The second-order valence-corrected chi connectivity index (χ2v) is 4.84. The Hall–Kier alpha value is -3.86. The van der Waals surface area contributed by atoms with Crippen LogP contribution in [-0.2, 0) is 0 Å². The minimum absolute atomic E-state index is 0. The Labute approximate surface area is 158 Å². The Morgan fingerprint density at radius 1 is 0.778 bits per heavy atom. The van der Waals surface area contributed by atoms with Crippen LogP contribution in [0.5, 0.6) is 34.5 Å². The smallest absolute Gasteiger partial charge is 0.234 e. The molecule has 27 heavy (non-hydrogen) atoms. The van der Waals surface area contributed by atoms with Crippen LogP contribution >= 0.6 is 12.4 Å². The summed E-state index contributed by atoms with van der Waals surface area (Å²) in [6.07, 6.45) is 2.20. The maximum absolute atomic E-state index is 9.60. The molecule has 0 aliphatic rings. The molecule has 144 valence electrons. The zero-order valence-corrected chi connectivity index (χ0v) is 14.3. The number of aromatic hydroxyl groups is 6. The number of guanidine groups is 1. The number of phenolic OH excluding ortho intramolecular Hbond substituents is 6. The Kier molecular flexibility index (Phi) is 7.07. The van der Waals surface area contributed by atoms with Crippen molar-refractivity contribution in [3.05, 3.63) is 35.4 Å². The highest BCUT2D eigenvalue weighted by atomic mass is 35.5. The predicted molar refractivity (Wildman–Crippen MR) is 100 cm³/mol. The van der Waals surface area contributed by atoms with Crippen LogP contribution in [0.15, 0.2) is 39.6 Å². The van der Waals surface area contributed by atoms with Crippen LogP contribution < -0.4 is 11.2 Å². The molecular formula is C15H16ClN5O6. The molecule has 0 aromatic heterocycles. The topological polar surface area (TPSA) is 197 Å². The zero-order valence-electron chi connectivity index (χ0n) is 13.5. The quantitative estimate of drug-likeness (QED) is 0.159. The summed E-state index contributed by atoms with van der Waals surface area (Å²) < 4.78 is 0. The van der Waals surface area contributed by atoms with E-state index in [0.717, 1.165) is 24.6 Å². The molecule has 9 N–H and O–H groups in total. The summed E-state index contributed by atoms with van der Waals surface area (Å²) in [5.41, 5.74) is 7.98. The molecule has 0 amide bonds. The van der Waals surface area contributed by atoms with E-state index in [0.29, 0.717) is 0 Å². The van der Waals surface area contributed by atoms with Gasteiger partial charge in [0.15, 0.2) is 23.0 Å². The molecule has 0 bridgehead atoms. The lowest BCUT2D eigenvalue weighted by Crippen LogP contribution is -2.26. The van der Waals surface area contributed by atoms with Crippen LogP contribution in [0.4, 0.5) is 0 Å². The monoisotopic (exact) mass is 397 g/mol. The third kappa shape index (κ3) is 5.06. The molecule has 11 nitrogen and oxygen atoms in total. The minimum atomic E-state index is -0.689. The third-order valence-corrected chi connectivity index (χ3v) is 3.07. The van der Waals surface area contributed by atoms with Crippen LogP contribution in [0.25, 0.3) is 0 Å². The number of rotatable bonds is 4. The molecule has 0 aliphatic carbocycles. The van der Waals surface area contributed by atoms with Crippen molar-refractivity contribution in [2.45, 2.75) is 0 Å². The van der Waals surface area contributed by atoms with Gasteiger partial charge in [-0.3, -0.25) is 0 Å². The van der Waals surface area contributed by atoms with Gasteiger partial charge in [-0.05, 0) is 24.3 Å². The van der Waals surface area contributed by atoms with E-state index in [1.807, 2.05) is 0 Å². The number of halogens is 1. The molecule has 0 spiro atoms. The zero-order chi connectivity index (χ0) is 19.3. The van der Waals surface area contributed by atoms with Crippen LogP contribution in [0.2, 0.25) is 0 Å². The fraction of sp³-hybridized carbons (Fsp3) is 0. The minimum Gasteiger partial charge on any atom is -0.504 e. The highest BCUT2D eigenvalue weighted by molar-refractivity contribution is 5.88. The summed E-state index contributed by atoms with van der Waals surface area (Å²) in [7, 11) is 0. The maximum Gasteiger partial charge on any atom is 0.234 e. The van der Waals surface area contributed by atoms with Gasteiger partial charge in [0, 0.05) is 11.1 Å². The molecule has 0 unspecified atom stereocenters. The first-order valence-corrected chi connectivity index (χ1v) is 6.94. The van der Waals surface area contributed by atoms with E-state index in [-0.39, 0.29) is 29.5 Å². The average Bonchev–Trinajstić information content (AvgIpc) is 2.61. The van der Waals surface area contributed by atoms with Gasteiger partial charge in [0.05, 0.1) is 12.4 Å². The van der Waals surface area contributed by atoms with Crippen molar-refractivity contribution >= 4 is 30.8 Å². The Bertz CT molecular complexity index is 916. The summed E-state index contributed by atoms with van der Waals surface area (Å²) in [5.74, 6) is -3.72. The Balaban J connectivity index is 0.00000364. The summed E-state index contributed by atoms with van der Waals surface area (Å²) >= 11 is 0. The molecular weight excluding hydrogens is 382 g/mol. The first kappa shape index (κ1) is 21.2. The van der Waals surface area contributed by atoms with E-state index in [2.05, 4.69) is 20.7 Å². The van der Waals surface area contributed by atoms with E-state index >= 15 is 0 Å². The van der Waals surface area contributed by atoms with Crippen LogP contribution in [0.3, 0.4) is 0 Å². The van der Waals surface area contributed by atoms with Gasteiger partial charge in [-0.25, -0.2) is 5.43 Å². The molecule has 0 saturated carbocycles. The summed E-state index contributed by atoms with van der Waals surface area (Å²) in [6.45, 7) is 0. The number of nitrogens with two attached hydrogens (primary N) is 1. The van der Waals surface area contributed by atoms with Crippen molar-refractivity contribution in [3.8, 4) is 34.5 Å². The number of phenols is 6. The standard InChI is InChI=1S/C15H15N5O6.ClH/c16-15(19-17-5-7-1-3-9(21)13(25)11(7)23)20-18-6-8-2-4-10(22)14(26)12(8)24;/h1-6,21-26H,(H3,16,19,20);1H. The van der Waals surface area contributed by atoms with Gasteiger partial charge < -0.3 is 36.4 Å². The van der Waals surface area contributed by atoms with Gasteiger partial charge in [0.25, 0.3) is 0 Å². The number of nitrogens with zero attached hydrogens (tertiary/aromatic N) is 3. The van der Waals surface area contributed by atoms with Crippen LogP contribution in [0, 0.1) is 0 Å². The number of hydrogen-bond donors (Lipinski definition) is 8. The lowest BCUT2D eigenvalue weighted by molar-refractivity contribution is 0.367. The number of benzene rings is 2. The van der Waals surface area contributed by atoms with E-state index in [1.54, 1.807) is 0 Å². The molecule has 0 saturated heterocycles. The van der Waals surface area contributed by atoms with Gasteiger partial charge in [-0.15, -0.1) is 17.5 Å². The van der Waals surface area contributed by atoms with Gasteiger partial charge in [-0.1, -0.05) is 0 Å². The number of hydrogen-bond acceptors (Lipinski definition) is 9. The largest absolute Gasteiger partial charge is 0.504 e. The first-order valence-electron chi connectivity index (χ1n) is 6.94. The molecule has 12 heteroatoms. The van der Waals surface area contributed by atoms with E-state index in [1.165, 1.54) is 12.1 Å². The van der Waals surface area contributed by atoms with Gasteiger partial charge >= 0.3 is 0 Å². The van der Waals surface area contributed by atoms with Gasteiger partial charge in [-0.2, -0.15) is 10.2 Å². The fourth-order valence-corrected chi connectivity index (χ4v) is 1.72. The van der Waals surface area contributed by atoms with Crippen molar-refractivity contribution in [1.82, 2.24) is 5.43 Å². The van der Waals surface area contributed by atoms with Crippen LogP contribution in [-0.4, -0.2) is 49.0 Å². The fourth-order valence-electron chi connectivity index (χ4n) is 1.72. The van der Waals surface area contributed by atoms with Crippen molar-refractivity contribution < 1.29 is 30.6 Å². The summed E-state index contributed by atoms with van der Waals surface area (Å²) in [6, 6.07) is 4.93. The molecule has 0 atom stereocenters.